The Kier molecular flexibility index (Phi) is 4.58. The smallest absolute Gasteiger partial charge is 0.255 e. The summed E-state index contributed by atoms with van der Waals surface area (Å²) in [4.78, 5) is 11.9. The van der Waals surface area contributed by atoms with E-state index in [-0.39, 0.29) is 17.5 Å². The normalized spacial score (nSPS) is 11.9. The SMILES string of the molecule is O=C(NCC(Cl)c1ccccc1)c1ccc(F)cc1O. The zero-order valence-corrected chi connectivity index (χ0v) is 11.3. The molecule has 104 valence electrons. The van der Waals surface area contributed by atoms with Gasteiger partial charge in [0, 0.05) is 12.6 Å². The first kappa shape index (κ1) is 14.3. The Morgan fingerprint density at radius 1 is 1.25 bits per heavy atom. The highest BCUT2D eigenvalue weighted by atomic mass is 35.5. The van der Waals surface area contributed by atoms with Crippen molar-refractivity contribution < 1.29 is 14.3 Å². The molecule has 1 atom stereocenters. The highest BCUT2D eigenvalue weighted by Gasteiger charge is 2.14. The Morgan fingerprint density at radius 3 is 2.60 bits per heavy atom. The van der Waals surface area contributed by atoms with E-state index < -0.39 is 17.5 Å². The third kappa shape index (κ3) is 3.48. The number of nitrogens with one attached hydrogen (secondary N) is 1. The van der Waals surface area contributed by atoms with Crippen molar-refractivity contribution in [1.82, 2.24) is 5.32 Å². The molecule has 0 aromatic heterocycles. The molecule has 1 unspecified atom stereocenters. The second kappa shape index (κ2) is 6.39. The standard InChI is InChI=1S/C15H13ClFNO2/c16-13(10-4-2-1-3-5-10)9-18-15(20)12-7-6-11(17)8-14(12)19/h1-8,13,19H,9H2,(H,18,20). The number of aromatic hydroxyl groups is 1. The molecule has 2 aromatic carbocycles. The highest BCUT2D eigenvalue weighted by Crippen LogP contribution is 2.20. The molecule has 0 saturated carbocycles. The quantitative estimate of drug-likeness (QED) is 0.850. The summed E-state index contributed by atoms with van der Waals surface area (Å²) in [6, 6.07) is 12.6. The molecule has 0 radical (unpaired) electrons. The largest absolute Gasteiger partial charge is 0.507 e. The van der Waals surface area contributed by atoms with E-state index in [1.54, 1.807) is 0 Å². The van der Waals surface area contributed by atoms with E-state index in [1.807, 2.05) is 30.3 Å². The first-order valence-corrected chi connectivity index (χ1v) is 6.47. The number of halogens is 2. The highest BCUT2D eigenvalue weighted by molar-refractivity contribution is 6.21. The van der Waals surface area contributed by atoms with Crippen molar-refractivity contribution in [1.29, 1.82) is 0 Å². The van der Waals surface area contributed by atoms with Gasteiger partial charge in [-0.1, -0.05) is 30.3 Å². The van der Waals surface area contributed by atoms with Gasteiger partial charge in [0.15, 0.2) is 0 Å². The summed E-state index contributed by atoms with van der Waals surface area (Å²) in [5, 5.41) is 11.7. The predicted molar refractivity (Wildman–Crippen MR) is 75.4 cm³/mol. The average molecular weight is 294 g/mol. The second-order valence-corrected chi connectivity index (χ2v) is 4.78. The van der Waals surface area contributed by atoms with Crippen LogP contribution in [0, 0.1) is 5.82 Å². The number of phenols is 1. The van der Waals surface area contributed by atoms with Crippen LogP contribution in [-0.2, 0) is 0 Å². The third-order valence-corrected chi connectivity index (χ3v) is 3.21. The van der Waals surface area contributed by atoms with Gasteiger partial charge in [0.2, 0.25) is 0 Å². The summed E-state index contributed by atoms with van der Waals surface area (Å²) < 4.78 is 12.8. The summed E-state index contributed by atoms with van der Waals surface area (Å²) in [7, 11) is 0. The molecular formula is C15H13ClFNO2. The lowest BCUT2D eigenvalue weighted by atomic mass is 10.1. The summed E-state index contributed by atoms with van der Waals surface area (Å²) in [6.45, 7) is 0.210. The maximum absolute atomic E-state index is 12.8. The maximum atomic E-state index is 12.8. The Balaban J connectivity index is 1.99. The predicted octanol–water partition coefficient (Wildman–Crippen LogP) is 3.24. The second-order valence-electron chi connectivity index (χ2n) is 4.25. The first-order chi connectivity index (χ1) is 9.58. The van der Waals surface area contributed by atoms with Crippen molar-refractivity contribution >= 4 is 17.5 Å². The number of hydrogen-bond acceptors (Lipinski definition) is 2. The zero-order valence-electron chi connectivity index (χ0n) is 10.5. The molecule has 0 aliphatic rings. The van der Waals surface area contributed by atoms with E-state index in [1.165, 1.54) is 6.07 Å². The zero-order chi connectivity index (χ0) is 14.5. The van der Waals surface area contributed by atoms with E-state index in [2.05, 4.69) is 5.32 Å². The minimum Gasteiger partial charge on any atom is -0.507 e. The van der Waals surface area contributed by atoms with E-state index >= 15 is 0 Å². The molecule has 20 heavy (non-hydrogen) atoms. The van der Waals surface area contributed by atoms with Crippen molar-refractivity contribution in [3.05, 3.63) is 65.5 Å². The van der Waals surface area contributed by atoms with E-state index in [0.717, 1.165) is 17.7 Å². The van der Waals surface area contributed by atoms with Crippen LogP contribution in [-0.4, -0.2) is 17.6 Å². The molecular weight excluding hydrogens is 281 g/mol. The van der Waals surface area contributed by atoms with Gasteiger partial charge in [-0.25, -0.2) is 4.39 Å². The van der Waals surface area contributed by atoms with Crippen LogP contribution in [0.15, 0.2) is 48.5 Å². The van der Waals surface area contributed by atoms with Gasteiger partial charge in [0.1, 0.15) is 11.6 Å². The average Bonchev–Trinajstić information content (AvgIpc) is 2.45. The number of rotatable bonds is 4. The Hall–Kier alpha value is -2.07. The maximum Gasteiger partial charge on any atom is 0.255 e. The first-order valence-electron chi connectivity index (χ1n) is 6.03. The van der Waals surface area contributed by atoms with Gasteiger partial charge in [0.25, 0.3) is 5.91 Å². The van der Waals surface area contributed by atoms with Gasteiger partial charge in [-0.15, -0.1) is 11.6 Å². The van der Waals surface area contributed by atoms with Gasteiger partial charge < -0.3 is 10.4 Å². The van der Waals surface area contributed by atoms with Crippen LogP contribution in [0.25, 0.3) is 0 Å². The van der Waals surface area contributed by atoms with E-state index in [9.17, 15) is 14.3 Å². The molecule has 0 spiro atoms. The van der Waals surface area contributed by atoms with Crippen molar-refractivity contribution in [3.63, 3.8) is 0 Å². The molecule has 0 saturated heterocycles. The van der Waals surface area contributed by atoms with Crippen LogP contribution in [0.1, 0.15) is 21.3 Å². The molecule has 1 amide bonds. The van der Waals surface area contributed by atoms with Crippen molar-refractivity contribution in [3.8, 4) is 5.75 Å². The summed E-state index contributed by atoms with van der Waals surface area (Å²) in [5.74, 6) is -1.49. The molecule has 0 heterocycles. The van der Waals surface area contributed by atoms with Crippen LogP contribution in [0.3, 0.4) is 0 Å². The van der Waals surface area contributed by atoms with Gasteiger partial charge in [-0.2, -0.15) is 0 Å². The molecule has 0 aliphatic carbocycles. The van der Waals surface area contributed by atoms with Crippen LogP contribution >= 0.6 is 11.6 Å². The van der Waals surface area contributed by atoms with Crippen molar-refractivity contribution in [2.75, 3.05) is 6.54 Å². The lowest BCUT2D eigenvalue weighted by Crippen LogP contribution is -2.26. The number of hydrogen-bond donors (Lipinski definition) is 2. The number of alkyl halides is 1. The van der Waals surface area contributed by atoms with Crippen LogP contribution < -0.4 is 5.32 Å². The monoisotopic (exact) mass is 293 g/mol. The van der Waals surface area contributed by atoms with Crippen LogP contribution in [0.2, 0.25) is 0 Å². The Labute approximate surface area is 121 Å². The van der Waals surface area contributed by atoms with Crippen molar-refractivity contribution in [2.24, 2.45) is 0 Å². The van der Waals surface area contributed by atoms with Gasteiger partial charge >= 0.3 is 0 Å². The molecule has 0 bridgehead atoms. The lowest BCUT2D eigenvalue weighted by molar-refractivity contribution is 0.0951. The van der Waals surface area contributed by atoms with E-state index in [0.29, 0.717) is 0 Å². The number of phenolic OH excluding ortho intramolecular Hbond substituents is 1. The van der Waals surface area contributed by atoms with Crippen LogP contribution in [0.4, 0.5) is 4.39 Å². The molecule has 2 rings (SSSR count). The number of carbonyl (C=O) groups is 1. The lowest BCUT2D eigenvalue weighted by Gasteiger charge is -2.11. The summed E-state index contributed by atoms with van der Waals surface area (Å²) >= 11 is 6.17. The number of benzene rings is 2. The molecule has 3 nitrogen and oxygen atoms in total. The van der Waals surface area contributed by atoms with Gasteiger partial charge in [0.05, 0.1) is 10.9 Å². The number of amides is 1. The molecule has 5 heteroatoms. The fraction of sp³-hybridized carbons (Fsp3) is 0.133. The van der Waals surface area contributed by atoms with E-state index in [4.69, 9.17) is 11.6 Å². The van der Waals surface area contributed by atoms with Crippen LogP contribution in [0.5, 0.6) is 5.75 Å². The fourth-order valence-electron chi connectivity index (χ4n) is 1.75. The fourth-order valence-corrected chi connectivity index (χ4v) is 1.98. The Bertz CT molecular complexity index is 604. The summed E-state index contributed by atoms with van der Waals surface area (Å²) in [6.07, 6.45) is 0. The topological polar surface area (TPSA) is 49.3 Å². The molecule has 0 aliphatic heterocycles. The minimum atomic E-state index is -0.599. The van der Waals surface area contributed by atoms with Gasteiger partial charge in [-0.3, -0.25) is 4.79 Å². The Morgan fingerprint density at radius 2 is 1.95 bits per heavy atom. The minimum absolute atomic E-state index is 0.0170. The summed E-state index contributed by atoms with van der Waals surface area (Å²) in [5.41, 5.74) is 0.904. The third-order valence-electron chi connectivity index (χ3n) is 2.81. The van der Waals surface area contributed by atoms with Gasteiger partial charge in [-0.05, 0) is 17.7 Å². The molecule has 0 fully saturated rings. The van der Waals surface area contributed by atoms with Crippen molar-refractivity contribution in [2.45, 2.75) is 5.38 Å². The molecule has 2 aromatic rings. The number of carbonyl (C=O) groups excluding carboxylic acids is 1. The molecule has 2 N–H and O–H groups in total.